The van der Waals surface area contributed by atoms with E-state index in [1.807, 2.05) is 60.7 Å². The Morgan fingerprint density at radius 2 is 0.729 bits per heavy atom. The van der Waals surface area contributed by atoms with E-state index >= 15 is 0 Å². The molecule has 0 saturated heterocycles. The van der Waals surface area contributed by atoms with Crippen LogP contribution in [0.4, 0.5) is 0 Å². The van der Waals surface area contributed by atoms with E-state index < -0.39 is 0 Å². The monoisotopic (exact) mass is 650 g/mol. The molecule has 48 heavy (non-hydrogen) atoms. The maximum atomic E-state index is 6.18. The summed E-state index contributed by atoms with van der Waals surface area (Å²) in [6.45, 7) is 5.26. The van der Waals surface area contributed by atoms with Gasteiger partial charge in [-0.3, -0.25) is 0 Å². The largest absolute Gasteiger partial charge is 0.490 e. The van der Waals surface area contributed by atoms with Crippen molar-refractivity contribution in [3.8, 4) is 59.9 Å². The third-order valence-corrected chi connectivity index (χ3v) is 6.45. The number of terminal acetylenes is 2. The van der Waals surface area contributed by atoms with Gasteiger partial charge in [-0.05, 0) is 48.5 Å². The summed E-state index contributed by atoms with van der Waals surface area (Å²) >= 11 is 0. The summed E-state index contributed by atoms with van der Waals surface area (Å²) in [6.07, 6.45) is 11.0. The normalized spacial score (nSPS) is 10.2. The molecule has 8 heteroatoms. The average Bonchev–Trinajstić information content (AvgIpc) is 3.12. The molecular weight excluding hydrogens is 608 g/mol. The van der Waals surface area contributed by atoms with Crippen molar-refractivity contribution in [1.29, 1.82) is 0 Å². The van der Waals surface area contributed by atoms with Crippen molar-refractivity contribution < 1.29 is 37.9 Å². The molecule has 8 nitrogen and oxygen atoms in total. The van der Waals surface area contributed by atoms with E-state index in [0.717, 1.165) is 22.3 Å². The van der Waals surface area contributed by atoms with Crippen LogP contribution in [0.2, 0.25) is 0 Å². The standard InChI is InChI=1S/C40H42O8/c1-5-33-7-11-35(12-8-33)15-17-37-31-40(48-30-28-46-26-24-44-22-20-42-4)38(18-16-36-13-9-34(6-2)10-14-36)32-39(37)47-29-27-45-25-23-43-21-19-41-3/h1-2,7-14,31-32H,19-30H2,3-4H3. The minimum Gasteiger partial charge on any atom is -0.490 e. The Balaban J connectivity index is 1.81. The zero-order chi connectivity index (χ0) is 34.1. The average molecular weight is 651 g/mol. The lowest BCUT2D eigenvalue weighted by Crippen LogP contribution is -2.13. The molecule has 0 radical (unpaired) electrons. The summed E-state index contributed by atoms with van der Waals surface area (Å²) in [6, 6.07) is 18.6. The molecule has 3 rings (SSSR count). The third kappa shape index (κ3) is 14.8. The van der Waals surface area contributed by atoms with E-state index in [1.165, 1.54) is 0 Å². The first-order valence-electron chi connectivity index (χ1n) is 15.6. The molecule has 0 heterocycles. The second-order valence-corrected chi connectivity index (χ2v) is 9.92. The molecule has 250 valence electrons. The first kappa shape index (κ1) is 37.7. The molecule has 0 amide bonds. The smallest absolute Gasteiger partial charge is 0.136 e. The van der Waals surface area contributed by atoms with E-state index in [-0.39, 0.29) is 0 Å². The summed E-state index contributed by atoms with van der Waals surface area (Å²) in [7, 11) is 3.27. The summed E-state index contributed by atoms with van der Waals surface area (Å²) in [5.74, 6) is 19.2. The number of hydrogen-bond acceptors (Lipinski definition) is 8. The lowest BCUT2D eigenvalue weighted by molar-refractivity contribution is 0.0177. The molecule has 0 fully saturated rings. The minimum atomic E-state index is 0.296. The van der Waals surface area contributed by atoms with Crippen LogP contribution in [0.25, 0.3) is 0 Å². The van der Waals surface area contributed by atoms with Gasteiger partial charge in [-0.2, -0.15) is 0 Å². The Hall–Kier alpha value is -4.74. The number of benzene rings is 3. The van der Waals surface area contributed by atoms with Gasteiger partial charge in [0.1, 0.15) is 24.7 Å². The van der Waals surface area contributed by atoms with Gasteiger partial charge in [0.2, 0.25) is 0 Å². The van der Waals surface area contributed by atoms with Gasteiger partial charge in [0.15, 0.2) is 0 Å². The van der Waals surface area contributed by atoms with Gasteiger partial charge < -0.3 is 37.9 Å². The SMILES string of the molecule is C#Cc1ccc(C#Cc2cc(OCCOCCOCCOC)c(C#Cc3ccc(C#C)cc3)cc2OCCOCCOCCOC)cc1. The van der Waals surface area contributed by atoms with Gasteiger partial charge in [-0.25, -0.2) is 0 Å². The Morgan fingerprint density at radius 1 is 0.417 bits per heavy atom. The predicted octanol–water partition coefficient (Wildman–Crippen LogP) is 4.57. The van der Waals surface area contributed by atoms with Crippen LogP contribution in [-0.4, -0.2) is 93.5 Å². The third-order valence-electron chi connectivity index (χ3n) is 6.45. The summed E-state index contributed by atoms with van der Waals surface area (Å²) < 4.78 is 44.6. The van der Waals surface area contributed by atoms with Crippen LogP contribution in [0.3, 0.4) is 0 Å². The molecule has 0 N–H and O–H groups in total. The van der Waals surface area contributed by atoms with Crippen molar-refractivity contribution in [2.24, 2.45) is 0 Å². The zero-order valence-electron chi connectivity index (χ0n) is 27.7. The molecule has 0 spiro atoms. The van der Waals surface area contributed by atoms with Crippen LogP contribution in [0.15, 0.2) is 60.7 Å². The molecule has 0 saturated carbocycles. The minimum absolute atomic E-state index is 0.296. The highest BCUT2D eigenvalue weighted by Crippen LogP contribution is 2.29. The summed E-state index contributed by atoms with van der Waals surface area (Å²) in [5, 5.41) is 0. The number of rotatable bonds is 20. The quantitative estimate of drug-likeness (QED) is 0.130. The van der Waals surface area contributed by atoms with Crippen molar-refractivity contribution >= 4 is 0 Å². The maximum Gasteiger partial charge on any atom is 0.136 e. The van der Waals surface area contributed by atoms with Crippen LogP contribution in [0.5, 0.6) is 11.5 Å². The molecular formula is C40H42O8. The molecule has 0 aromatic heterocycles. The van der Waals surface area contributed by atoms with E-state index in [1.54, 1.807) is 14.2 Å². The van der Waals surface area contributed by atoms with Gasteiger partial charge in [-0.15, -0.1) is 12.8 Å². The Morgan fingerprint density at radius 3 is 1.06 bits per heavy atom. The van der Waals surface area contributed by atoms with E-state index in [4.69, 9.17) is 50.7 Å². The van der Waals surface area contributed by atoms with Crippen molar-refractivity contribution in [2.75, 3.05) is 93.5 Å². The molecule has 3 aromatic rings. The fourth-order valence-electron chi connectivity index (χ4n) is 3.92. The second-order valence-electron chi connectivity index (χ2n) is 9.92. The lowest BCUT2D eigenvalue weighted by Gasteiger charge is -2.14. The summed E-state index contributed by atoms with van der Waals surface area (Å²) in [4.78, 5) is 0. The molecule has 0 aliphatic rings. The van der Waals surface area contributed by atoms with Crippen molar-refractivity contribution in [3.63, 3.8) is 0 Å². The summed E-state index contributed by atoms with van der Waals surface area (Å²) in [5.41, 5.74) is 4.44. The Labute approximate surface area is 284 Å². The van der Waals surface area contributed by atoms with Crippen LogP contribution in [-0.2, 0) is 28.4 Å². The van der Waals surface area contributed by atoms with Gasteiger partial charge in [0, 0.05) is 48.6 Å². The van der Waals surface area contributed by atoms with Crippen molar-refractivity contribution in [2.45, 2.75) is 0 Å². The lowest BCUT2D eigenvalue weighted by atomic mass is 10.1. The molecule has 0 unspecified atom stereocenters. The number of methoxy groups -OCH3 is 2. The first-order valence-corrected chi connectivity index (χ1v) is 15.6. The highest BCUT2D eigenvalue weighted by atomic mass is 16.6. The fourth-order valence-corrected chi connectivity index (χ4v) is 3.92. The van der Waals surface area contributed by atoms with Gasteiger partial charge in [-0.1, -0.05) is 35.5 Å². The highest BCUT2D eigenvalue weighted by Gasteiger charge is 2.11. The highest BCUT2D eigenvalue weighted by molar-refractivity contribution is 5.61. The van der Waals surface area contributed by atoms with Crippen LogP contribution < -0.4 is 9.47 Å². The van der Waals surface area contributed by atoms with E-state index in [0.29, 0.717) is 102 Å². The van der Waals surface area contributed by atoms with E-state index in [2.05, 4.69) is 35.5 Å². The van der Waals surface area contributed by atoms with Crippen LogP contribution >= 0.6 is 0 Å². The Kier molecular flexibility index (Phi) is 18.5. The molecule has 0 atom stereocenters. The molecule has 0 aliphatic carbocycles. The molecule has 3 aromatic carbocycles. The number of hydrogen-bond donors (Lipinski definition) is 0. The molecule has 0 bridgehead atoms. The number of ether oxygens (including phenoxy) is 8. The van der Waals surface area contributed by atoms with Gasteiger partial charge >= 0.3 is 0 Å². The molecule has 0 aliphatic heterocycles. The van der Waals surface area contributed by atoms with Crippen LogP contribution in [0.1, 0.15) is 33.4 Å². The maximum absolute atomic E-state index is 6.18. The van der Waals surface area contributed by atoms with Gasteiger partial charge in [0.25, 0.3) is 0 Å². The van der Waals surface area contributed by atoms with Crippen LogP contribution in [0, 0.1) is 48.4 Å². The fraction of sp³-hybridized carbons (Fsp3) is 0.350. The Bertz CT molecular complexity index is 1450. The second kappa shape index (κ2) is 23.6. The van der Waals surface area contributed by atoms with Crippen molar-refractivity contribution in [1.82, 2.24) is 0 Å². The van der Waals surface area contributed by atoms with Crippen molar-refractivity contribution in [3.05, 3.63) is 94.0 Å². The van der Waals surface area contributed by atoms with E-state index in [9.17, 15) is 0 Å². The van der Waals surface area contributed by atoms with Gasteiger partial charge in [0.05, 0.1) is 77.2 Å². The predicted molar refractivity (Wildman–Crippen MR) is 185 cm³/mol. The zero-order valence-corrected chi connectivity index (χ0v) is 27.7. The topological polar surface area (TPSA) is 73.8 Å². The first-order chi connectivity index (χ1) is 23.7.